The van der Waals surface area contributed by atoms with E-state index in [0.717, 1.165) is 10.6 Å². The van der Waals surface area contributed by atoms with Crippen LogP contribution in [0.25, 0.3) is 16.3 Å². The van der Waals surface area contributed by atoms with E-state index in [0.29, 0.717) is 18.8 Å². The Morgan fingerprint density at radius 3 is 2.41 bits per heavy atom. The maximum absolute atomic E-state index is 13.6. The van der Waals surface area contributed by atoms with E-state index >= 15 is 0 Å². The standard InChI is InChI=1S/C22H20N4O4S2/c27-22(18-8-4-14-30-18)24-10-12-25(13-11-24)32(28,29)20-16-26(17-6-2-1-3-7-17)23-21(20)19-9-5-15-31-19/h1-9,14-16H,10-13H2. The van der Waals surface area contributed by atoms with Crippen molar-refractivity contribution in [2.75, 3.05) is 26.2 Å². The number of hydrogen-bond acceptors (Lipinski definition) is 6. The van der Waals surface area contributed by atoms with Crippen LogP contribution >= 0.6 is 11.3 Å². The van der Waals surface area contributed by atoms with E-state index in [1.54, 1.807) is 27.9 Å². The molecule has 4 aromatic rings. The molecule has 164 valence electrons. The molecule has 0 radical (unpaired) electrons. The van der Waals surface area contributed by atoms with Gasteiger partial charge in [-0.15, -0.1) is 11.3 Å². The highest BCUT2D eigenvalue weighted by atomic mass is 32.2. The monoisotopic (exact) mass is 468 g/mol. The summed E-state index contributed by atoms with van der Waals surface area (Å²) in [7, 11) is -3.81. The van der Waals surface area contributed by atoms with Gasteiger partial charge in [0.25, 0.3) is 5.91 Å². The summed E-state index contributed by atoms with van der Waals surface area (Å²) in [6, 6.07) is 16.4. The number of carbonyl (C=O) groups excluding carboxylic acids is 1. The van der Waals surface area contributed by atoms with Crippen LogP contribution in [0.4, 0.5) is 0 Å². The lowest BCUT2D eigenvalue weighted by molar-refractivity contribution is 0.0666. The maximum atomic E-state index is 13.6. The Labute approximate surface area is 189 Å². The number of thiophene rings is 1. The van der Waals surface area contributed by atoms with Crippen LogP contribution < -0.4 is 0 Å². The van der Waals surface area contributed by atoms with E-state index in [9.17, 15) is 13.2 Å². The quantitative estimate of drug-likeness (QED) is 0.448. The summed E-state index contributed by atoms with van der Waals surface area (Å²) < 4.78 is 35.4. The third kappa shape index (κ3) is 3.77. The summed E-state index contributed by atoms with van der Waals surface area (Å²) >= 11 is 1.44. The Bertz CT molecular complexity index is 1310. The van der Waals surface area contributed by atoms with Crippen molar-refractivity contribution < 1.29 is 17.6 Å². The number of rotatable bonds is 5. The van der Waals surface area contributed by atoms with Gasteiger partial charge < -0.3 is 9.32 Å². The van der Waals surface area contributed by atoms with Crippen LogP contribution in [0.2, 0.25) is 0 Å². The van der Waals surface area contributed by atoms with Gasteiger partial charge in [0.1, 0.15) is 10.6 Å². The predicted molar refractivity (Wildman–Crippen MR) is 120 cm³/mol. The topological polar surface area (TPSA) is 88.7 Å². The Hall–Kier alpha value is -3.21. The number of carbonyl (C=O) groups is 1. The molecule has 10 heteroatoms. The summed E-state index contributed by atoms with van der Waals surface area (Å²) in [5.41, 5.74) is 1.21. The normalized spacial score (nSPS) is 15.2. The molecule has 0 spiro atoms. The number of piperazine rings is 1. The molecule has 3 aromatic heterocycles. The molecule has 0 unspecified atom stereocenters. The van der Waals surface area contributed by atoms with Crippen LogP contribution in [0.1, 0.15) is 10.6 Å². The van der Waals surface area contributed by atoms with Crippen molar-refractivity contribution in [3.05, 3.63) is 78.2 Å². The van der Waals surface area contributed by atoms with Gasteiger partial charge in [-0.2, -0.15) is 9.40 Å². The molecule has 1 fully saturated rings. The Kier molecular flexibility index (Phi) is 5.41. The SMILES string of the molecule is O=C(c1ccco1)N1CCN(S(=O)(=O)c2cn(-c3ccccc3)nc2-c2cccs2)CC1. The lowest BCUT2D eigenvalue weighted by atomic mass is 10.3. The Morgan fingerprint density at radius 2 is 1.75 bits per heavy atom. The maximum Gasteiger partial charge on any atom is 0.289 e. The number of hydrogen-bond donors (Lipinski definition) is 0. The third-order valence-corrected chi connectivity index (χ3v) is 8.11. The fraction of sp³-hybridized carbons (Fsp3) is 0.182. The number of para-hydroxylation sites is 1. The highest BCUT2D eigenvalue weighted by Gasteiger charge is 2.34. The minimum Gasteiger partial charge on any atom is -0.459 e. The van der Waals surface area contributed by atoms with Crippen LogP contribution in [0.15, 0.2) is 81.8 Å². The molecule has 1 aromatic carbocycles. The van der Waals surface area contributed by atoms with Crippen molar-refractivity contribution in [3.8, 4) is 16.3 Å². The minimum atomic E-state index is -3.81. The molecule has 1 amide bonds. The van der Waals surface area contributed by atoms with E-state index in [4.69, 9.17) is 4.42 Å². The molecular formula is C22H20N4O4S2. The number of aromatic nitrogens is 2. The van der Waals surface area contributed by atoms with Crippen molar-refractivity contribution in [2.24, 2.45) is 0 Å². The fourth-order valence-electron chi connectivity index (χ4n) is 3.67. The molecule has 1 saturated heterocycles. The summed E-state index contributed by atoms with van der Waals surface area (Å²) in [5, 5.41) is 6.50. The average molecular weight is 469 g/mol. The van der Waals surface area contributed by atoms with Crippen LogP contribution in [0, 0.1) is 0 Å². The van der Waals surface area contributed by atoms with Crippen LogP contribution in [0.3, 0.4) is 0 Å². The molecule has 0 N–H and O–H groups in total. The second-order valence-electron chi connectivity index (χ2n) is 7.27. The molecule has 0 bridgehead atoms. The zero-order valence-corrected chi connectivity index (χ0v) is 18.6. The first kappa shape index (κ1) is 20.7. The van der Waals surface area contributed by atoms with E-state index < -0.39 is 10.0 Å². The van der Waals surface area contributed by atoms with Gasteiger partial charge in [-0.1, -0.05) is 24.3 Å². The molecule has 32 heavy (non-hydrogen) atoms. The first-order chi connectivity index (χ1) is 15.5. The van der Waals surface area contributed by atoms with Crippen LogP contribution in [0.5, 0.6) is 0 Å². The number of benzene rings is 1. The molecule has 0 aliphatic carbocycles. The zero-order chi connectivity index (χ0) is 22.1. The van der Waals surface area contributed by atoms with Gasteiger partial charge >= 0.3 is 0 Å². The van der Waals surface area contributed by atoms with E-state index in [1.165, 1.54) is 21.9 Å². The molecule has 0 saturated carbocycles. The Morgan fingerprint density at radius 1 is 0.969 bits per heavy atom. The summed E-state index contributed by atoms with van der Waals surface area (Å²) in [5.74, 6) is 0.0219. The van der Waals surface area contributed by atoms with Crippen LogP contribution in [-0.2, 0) is 10.0 Å². The number of sulfonamides is 1. The van der Waals surface area contributed by atoms with E-state index in [1.807, 2.05) is 47.8 Å². The van der Waals surface area contributed by atoms with Crippen molar-refractivity contribution in [2.45, 2.75) is 4.90 Å². The summed E-state index contributed by atoms with van der Waals surface area (Å²) in [6.07, 6.45) is 3.02. The first-order valence-corrected chi connectivity index (χ1v) is 12.4. The van der Waals surface area contributed by atoms with Gasteiger partial charge in [0.05, 0.1) is 23.0 Å². The lowest BCUT2D eigenvalue weighted by Crippen LogP contribution is -2.50. The Balaban J connectivity index is 1.44. The number of furan rings is 1. The largest absolute Gasteiger partial charge is 0.459 e. The van der Waals surface area contributed by atoms with Gasteiger partial charge in [0, 0.05) is 26.2 Å². The van der Waals surface area contributed by atoms with E-state index in [-0.39, 0.29) is 29.7 Å². The third-order valence-electron chi connectivity index (χ3n) is 5.33. The first-order valence-electron chi connectivity index (χ1n) is 10.1. The molecule has 5 rings (SSSR count). The smallest absolute Gasteiger partial charge is 0.289 e. The van der Waals surface area contributed by atoms with Crippen molar-refractivity contribution in [3.63, 3.8) is 0 Å². The predicted octanol–water partition coefficient (Wildman–Crippen LogP) is 3.34. The molecule has 4 heterocycles. The summed E-state index contributed by atoms with van der Waals surface area (Å²) in [6.45, 7) is 0.990. The van der Waals surface area contributed by atoms with Gasteiger partial charge in [-0.05, 0) is 35.7 Å². The number of amides is 1. The van der Waals surface area contributed by atoms with Gasteiger partial charge in [0.2, 0.25) is 10.0 Å². The zero-order valence-electron chi connectivity index (χ0n) is 17.0. The molecule has 1 aliphatic heterocycles. The second kappa shape index (κ2) is 8.38. The van der Waals surface area contributed by atoms with Gasteiger partial charge in [-0.25, -0.2) is 13.1 Å². The van der Waals surface area contributed by atoms with Crippen molar-refractivity contribution >= 4 is 27.3 Å². The highest BCUT2D eigenvalue weighted by Crippen LogP contribution is 2.32. The van der Waals surface area contributed by atoms with E-state index in [2.05, 4.69) is 5.10 Å². The van der Waals surface area contributed by atoms with Crippen molar-refractivity contribution in [1.29, 1.82) is 0 Å². The molecule has 0 atom stereocenters. The molecule has 1 aliphatic rings. The summed E-state index contributed by atoms with van der Waals surface area (Å²) in [4.78, 5) is 15.1. The fourth-order valence-corrected chi connectivity index (χ4v) is 6.01. The minimum absolute atomic E-state index is 0.162. The lowest BCUT2D eigenvalue weighted by Gasteiger charge is -2.33. The van der Waals surface area contributed by atoms with Crippen LogP contribution in [-0.4, -0.2) is 59.5 Å². The number of nitrogens with zero attached hydrogens (tertiary/aromatic N) is 4. The average Bonchev–Trinajstić information content (AvgIpc) is 3.60. The van der Waals surface area contributed by atoms with Gasteiger partial charge in [0.15, 0.2) is 5.76 Å². The second-order valence-corrected chi connectivity index (χ2v) is 10.1. The molecular weight excluding hydrogens is 448 g/mol. The molecule has 8 nitrogen and oxygen atoms in total. The highest BCUT2D eigenvalue weighted by molar-refractivity contribution is 7.89. The van der Waals surface area contributed by atoms with Gasteiger partial charge in [-0.3, -0.25) is 4.79 Å². The van der Waals surface area contributed by atoms with Crippen molar-refractivity contribution in [1.82, 2.24) is 19.0 Å².